The molecule has 2 aromatic heterocycles. The predicted octanol–water partition coefficient (Wildman–Crippen LogP) is 1.44. The van der Waals surface area contributed by atoms with Gasteiger partial charge in [0.1, 0.15) is 5.82 Å². The Bertz CT molecular complexity index is 790. The number of rotatable bonds is 1. The molecule has 0 amide bonds. The standard InChI is InChI=1S/C12H9FN4O/c13-8-4-3-7(14)6-10(8)17-11-9(16-12(17)18)2-1-5-15-11/h1-6H,14H2,(H,16,18). The molecule has 0 aliphatic rings. The van der Waals surface area contributed by atoms with E-state index in [2.05, 4.69) is 9.97 Å². The fourth-order valence-corrected chi connectivity index (χ4v) is 1.86. The second kappa shape index (κ2) is 3.69. The second-order valence-corrected chi connectivity index (χ2v) is 3.85. The lowest BCUT2D eigenvalue weighted by molar-refractivity contribution is 0.618. The third-order valence-corrected chi connectivity index (χ3v) is 2.65. The Morgan fingerprint density at radius 2 is 2.17 bits per heavy atom. The smallest absolute Gasteiger partial charge is 0.332 e. The Morgan fingerprint density at radius 3 is 3.00 bits per heavy atom. The monoisotopic (exact) mass is 244 g/mol. The molecule has 0 saturated heterocycles. The highest BCUT2D eigenvalue weighted by Gasteiger charge is 2.13. The van der Waals surface area contributed by atoms with Crippen molar-refractivity contribution >= 4 is 16.9 Å². The van der Waals surface area contributed by atoms with Gasteiger partial charge in [0, 0.05) is 11.9 Å². The van der Waals surface area contributed by atoms with Crippen LogP contribution in [0.3, 0.4) is 0 Å². The van der Waals surface area contributed by atoms with Gasteiger partial charge in [0.05, 0.1) is 11.2 Å². The molecule has 6 heteroatoms. The number of aromatic nitrogens is 3. The maximum Gasteiger partial charge on any atom is 0.332 e. The number of nitrogen functional groups attached to an aromatic ring is 1. The van der Waals surface area contributed by atoms with E-state index in [1.165, 1.54) is 29.0 Å². The molecule has 0 unspecified atom stereocenters. The summed E-state index contributed by atoms with van der Waals surface area (Å²) in [6.07, 6.45) is 1.54. The first-order valence-electron chi connectivity index (χ1n) is 5.28. The van der Waals surface area contributed by atoms with Gasteiger partial charge in [0.2, 0.25) is 0 Å². The van der Waals surface area contributed by atoms with Gasteiger partial charge in [0.15, 0.2) is 5.65 Å². The second-order valence-electron chi connectivity index (χ2n) is 3.85. The molecule has 0 saturated carbocycles. The Morgan fingerprint density at radius 1 is 1.33 bits per heavy atom. The summed E-state index contributed by atoms with van der Waals surface area (Å²) in [6, 6.07) is 7.45. The molecule has 3 aromatic rings. The molecule has 3 rings (SSSR count). The van der Waals surface area contributed by atoms with Gasteiger partial charge < -0.3 is 10.7 Å². The SMILES string of the molecule is Nc1ccc(F)c(-n2c(=O)[nH]c3cccnc32)c1. The zero-order valence-electron chi connectivity index (χ0n) is 9.22. The van der Waals surface area contributed by atoms with Crippen LogP contribution in [0.25, 0.3) is 16.9 Å². The number of pyridine rings is 1. The number of aromatic amines is 1. The van der Waals surface area contributed by atoms with Crippen molar-refractivity contribution in [2.45, 2.75) is 0 Å². The van der Waals surface area contributed by atoms with Crippen LogP contribution >= 0.6 is 0 Å². The van der Waals surface area contributed by atoms with E-state index in [0.717, 1.165) is 0 Å². The van der Waals surface area contributed by atoms with Gasteiger partial charge in [-0.15, -0.1) is 0 Å². The van der Waals surface area contributed by atoms with Crippen LogP contribution in [0.5, 0.6) is 0 Å². The van der Waals surface area contributed by atoms with E-state index in [1.54, 1.807) is 12.1 Å². The van der Waals surface area contributed by atoms with E-state index in [1.807, 2.05) is 0 Å². The minimum Gasteiger partial charge on any atom is -0.399 e. The van der Waals surface area contributed by atoms with Crippen LogP contribution in [0.1, 0.15) is 0 Å². The summed E-state index contributed by atoms with van der Waals surface area (Å²) in [5.41, 5.74) is 6.54. The first-order valence-corrected chi connectivity index (χ1v) is 5.28. The van der Waals surface area contributed by atoms with Crippen molar-refractivity contribution in [3.8, 4) is 5.69 Å². The van der Waals surface area contributed by atoms with Gasteiger partial charge in [-0.3, -0.25) is 0 Å². The number of nitrogens with one attached hydrogen (secondary N) is 1. The molecule has 0 spiro atoms. The molecule has 18 heavy (non-hydrogen) atoms. The molecule has 2 heterocycles. The summed E-state index contributed by atoms with van der Waals surface area (Å²) in [6.45, 7) is 0. The van der Waals surface area contributed by atoms with Gasteiger partial charge in [-0.1, -0.05) is 0 Å². The summed E-state index contributed by atoms with van der Waals surface area (Å²) in [4.78, 5) is 18.5. The normalized spacial score (nSPS) is 10.9. The van der Waals surface area contributed by atoms with Crippen LogP contribution in [-0.2, 0) is 0 Å². The van der Waals surface area contributed by atoms with Crippen LogP contribution in [0, 0.1) is 5.82 Å². The van der Waals surface area contributed by atoms with Crippen LogP contribution < -0.4 is 11.4 Å². The van der Waals surface area contributed by atoms with E-state index >= 15 is 0 Å². The zero-order valence-corrected chi connectivity index (χ0v) is 9.22. The van der Waals surface area contributed by atoms with Crippen molar-refractivity contribution in [2.24, 2.45) is 0 Å². The maximum absolute atomic E-state index is 13.8. The zero-order chi connectivity index (χ0) is 12.7. The fraction of sp³-hybridized carbons (Fsp3) is 0. The number of benzene rings is 1. The average molecular weight is 244 g/mol. The largest absolute Gasteiger partial charge is 0.399 e. The van der Waals surface area contributed by atoms with Crippen molar-refractivity contribution in [3.05, 3.63) is 52.8 Å². The molecule has 3 N–H and O–H groups in total. The van der Waals surface area contributed by atoms with Crippen molar-refractivity contribution < 1.29 is 4.39 Å². The molecule has 0 aliphatic heterocycles. The third kappa shape index (κ3) is 1.46. The van der Waals surface area contributed by atoms with Crippen LogP contribution in [-0.4, -0.2) is 14.5 Å². The Labute approximate surface area is 101 Å². The molecule has 0 radical (unpaired) electrons. The van der Waals surface area contributed by atoms with Gasteiger partial charge in [-0.2, -0.15) is 0 Å². The van der Waals surface area contributed by atoms with Crippen molar-refractivity contribution in [1.29, 1.82) is 0 Å². The lowest BCUT2D eigenvalue weighted by Gasteiger charge is -2.05. The molecule has 0 fully saturated rings. The highest BCUT2D eigenvalue weighted by Crippen LogP contribution is 2.18. The molecular formula is C12H9FN4O. The number of H-pyrrole nitrogens is 1. The highest BCUT2D eigenvalue weighted by molar-refractivity contribution is 5.73. The summed E-state index contributed by atoms with van der Waals surface area (Å²) in [5, 5.41) is 0. The van der Waals surface area contributed by atoms with E-state index in [-0.39, 0.29) is 5.69 Å². The summed E-state index contributed by atoms with van der Waals surface area (Å²) in [7, 11) is 0. The van der Waals surface area contributed by atoms with Crippen LogP contribution in [0.15, 0.2) is 41.3 Å². The number of halogens is 1. The third-order valence-electron chi connectivity index (χ3n) is 2.65. The van der Waals surface area contributed by atoms with E-state index in [9.17, 15) is 9.18 Å². The van der Waals surface area contributed by atoms with Crippen molar-refractivity contribution in [2.75, 3.05) is 5.73 Å². The van der Waals surface area contributed by atoms with Crippen LogP contribution in [0.2, 0.25) is 0 Å². The number of fused-ring (bicyclic) bond motifs is 1. The van der Waals surface area contributed by atoms with Gasteiger partial charge >= 0.3 is 5.69 Å². The number of nitrogens with zero attached hydrogens (tertiary/aromatic N) is 2. The molecule has 0 atom stereocenters. The Balaban J connectivity index is 2.41. The molecule has 90 valence electrons. The maximum atomic E-state index is 13.8. The highest BCUT2D eigenvalue weighted by atomic mass is 19.1. The number of hydrogen-bond donors (Lipinski definition) is 2. The Kier molecular flexibility index (Phi) is 2.16. The van der Waals surface area contributed by atoms with Crippen molar-refractivity contribution in [1.82, 2.24) is 14.5 Å². The minimum absolute atomic E-state index is 0.0879. The molecule has 0 aliphatic carbocycles. The minimum atomic E-state index is -0.530. The number of imidazole rings is 1. The van der Waals surface area contributed by atoms with E-state index < -0.39 is 11.5 Å². The summed E-state index contributed by atoms with van der Waals surface area (Å²) in [5.74, 6) is -0.530. The van der Waals surface area contributed by atoms with Gasteiger partial charge in [-0.05, 0) is 30.3 Å². The first kappa shape index (κ1) is 10.5. The fourth-order valence-electron chi connectivity index (χ4n) is 1.86. The number of hydrogen-bond acceptors (Lipinski definition) is 3. The van der Waals surface area contributed by atoms with Crippen molar-refractivity contribution in [3.63, 3.8) is 0 Å². The van der Waals surface area contributed by atoms with Gasteiger partial charge in [0.25, 0.3) is 0 Å². The lowest BCUT2D eigenvalue weighted by atomic mass is 10.2. The molecule has 1 aromatic carbocycles. The van der Waals surface area contributed by atoms with E-state index in [4.69, 9.17) is 5.73 Å². The number of nitrogens with two attached hydrogens (primary N) is 1. The Hall–Kier alpha value is -2.63. The lowest BCUT2D eigenvalue weighted by Crippen LogP contribution is -2.16. The summed E-state index contributed by atoms with van der Waals surface area (Å²) >= 11 is 0. The summed E-state index contributed by atoms with van der Waals surface area (Å²) < 4.78 is 15.0. The number of anilines is 1. The van der Waals surface area contributed by atoms with E-state index in [0.29, 0.717) is 16.9 Å². The molecule has 0 bridgehead atoms. The van der Waals surface area contributed by atoms with Gasteiger partial charge in [-0.25, -0.2) is 18.7 Å². The average Bonchev–Trinajstić information content (AvgIpc) is 2.68. The molecular weight excluding hydrogens is 235 g/mol. The van der Waals surface area contributed by atoms with Crippen LogP contribution in [0.4, 0.5) is 10.1 Å². The quantitative estimate of drug-likeness (QED) is 0.636. The topological polar surface area (TPSA) is 76.7 Å². The molecule has 5 nitrogen and oxygen atoms in total. The predicted molar refractivity (Wildman–Crippen MR) is 66.1 cm³/mol. The first-order chi connectivity index (χ1) is 8.66.